The summed E-state index contributed by atoms with van der Waals surface area (Å²) < 4.78 is 7.89. The first-order valence-electron chi connectivity index (χ1n) is 9.29. The Bertz CT molecular complexity index is 797. The standard InChI is InChI=1S/C20H26N2O2/c1-3-13-6-12-7-16-19(13)21(9-12)11-22-18-5-4-14(24-2)8-15(18)17(10-23)20(16)22/h4-5,8,12-13,16,19,23H,3,6-7,9-11H2,1-2H3/t12?,13?,16?,19-/m1/s1. The number of fused-ring (bicyclic) bond motifs is 4. The van der Waals surface area contributed by atoms with Gasteiger partial charge in [-0.2, -0.15) is 0 Å². The lowest BCUT2D eigenvalue weighted by atomic mass is 9.64. The van der Waals surface area contributed by atoms with Crippen LogP contribution in [0.1, 0.15) is 43.4 Å². The minimum atomic E-state index is 0.122. The number of rotatable bonds is 3. The Morgan fingerprint density at radius 3 is 2.92 bits per heavy atom. The van der Waals surface area contributed by atoms with E-state index in [-0.39, 0.29) is 6.61 Å². The number of hydrogen-bond donors (Lipinski definition) is 1. The summed E-state index contributed by atoms with van der Waals surface area (Å²) in [6, 6.07) is 6.97. The highest BCUT2D eigenvalue weighted by molar-refractivity contribution is 5.87. The maximum atomic E-state index is 10.2. The molecule has 128 valence electrons. The second-order valence-electron chi connectivity index (χ2n) is 7.85. The molecule has 4 bridgehead atoms. The summed E-state index contributed by atoms with van der Waals surface area (Å²) in [4.78, 5) is 2.72. The average molecular weight is 326 g/mol. The summed E-state index contributed by atoms with van der Waals surface area (Å²) >= 11 is 0. The molecule has 0 spiro atoms. The Labute approximate surface area is 143 Å². The molecule has 4 unspecified atom stereocenters. The molecule has 3 aliphatic heterocycles. The summed E-state index contributed by atoms with van der Waals surface area (Å²) in [5, 5.41) is 11.3. The van der Waals surface area contributed by atoms with Crippen LogP contribution in [-0.2, 0) is 13.3 Å². The van der Waals surface area contributed by atoms with E-state index in [9.17, 15) is 5.11 Å². The minimum Gasteiger partial charge on any atom is -0.497 e. The van der Waals surface area contributed by atoms with Gasteiger partial charge in [-0.15, -0.1) is 0 Å². The van der Waals surface area contributed by atoms with Crippen molar-refractivity contribution in [1.29, 1.82) is 0 Å². The van der Waals surface area contributed by atoms with E-state index in [2.05, 4.69) is 28.5 Å². The molecule has 4 heterocycles. The molecular weight excluding hydrogens is 300 g/mol. The number of aliphatic hydroxyl groups excluding tert-OH is 1. The molecular formula is C20H26N2O2. The van der Waals surface area contributed by atoms with Crippen LogP contribution in [0.4, 0.5) is 0 Å². The first-order valence-corrected chi connectivity index (χ1v) is 9.29. The van der Waals surface area contributed by atoms with Crippen LogP contribution in [0.25, 0.3) is 10.9 Å². The van der Waals surface area contributed by atoms with Gasteiger partial charge in [-0.25, -0.2) is 0 Å². The van der Waals surface area contributed by atoms with Gasteiger partial charge in [0.15, 0.2) is 0 Å². The zero-order valence-electron chi connectivity index (χ0n) is 14.5. The van der Waals surface area contributed by atoms with Crippen molar-refractivity contribution in [2.45, 2.75) is 51.4 Å². The predicted molar refractivity (Wildman–Crippen MR) is 94.2 cm³/mol. The first kappa shape index (κ1) is 14.8. The molecule has 5 atom stereocenters. The molecule has 0 radical (unpaired) electrons. The van der Waals surface area contributed by atoms with Gasteiger partial charge in [0.05, 0.1) is 20.4 Å². The van der Waals surface area contributed by atoms with Crippen molar-refractivity contribution in [2.75, 3.05) is 13.7 Å². The number of benzene rings is 1. The monoisotopic (exact) mass is 326 g/mol. The molecule has 1 aromatic carbocycles. The molecule has 24 heavy (non-hydrogen) atoms. The molecule has 2 saturated heterocycles. The maximum absolute atomic E-state index is 10.2. The highest BCUT2D eigenvalue weighted by atomic mass is 16.5. The number of piperidine rings is 2. The van der Waals surface area contributed by atoms with Crippen molar-refractivity contribution in [3.63, 3.8) is 0 Å². The quantitative estimate of drug-likeness (QED) is 0.940. The van der Waals surface area contributed by atoms with Crippen LogP contribution < -0.4 is 4.74 Å². The van der Waals surface area contributed by atoms with Gasteiger partial charge in [-0.05, 0) is 42.9 Å². The molecule has 1 aromatic heterocycles. The van der Waals surface area contributed by atoms with Gasteiger partial charge in [0, 0.05) is 40.7 Å². The summed E-state index contributed by atoms with van der Waals surface area (Å²) in [5.41, 5.74) is 3.79. The van der Waals surface area contributed by atoms with E-state index < -0.39 is 0 Å². The molecule has 0 amide bonds. The van der Waals surface area contributed by atoms with Crippen molar-refractivity contribution >= 4 is 10.9 Å². The first-order chi connectivity index (χ1) is 11.7. The zero-order chi connectivity index (χ0) is 16.4. The van der Waals surface area contributed by atoms with Crippen LogP contribution in [-0.4, -0.2) is 34.3 Å². The highest BCUT2D eigenvalue weighted by Crippen LogP contribution is 2.53. The normalized spacial score (nSPS) is 33.7. The van der Waals surface area contributed by atoms with E-state index in [4.69, 9.17) is 4.74 Å². The SMILES string of the molecule is CCC1CC2CC3c4c(CO)c5cc(OC)ccc5n4CN(C2)[C@H]13. The lowest BCUT2D eigenvalue weighted by molar-refractivity contribution is -0.0546. The second-order valence-corrected chi connectivity index (χ2v) is 7.85. The third kappa shape index (κ3) is 1.81. The van der Waals surface area contributed by atoms with E-state index in [0.717, 1.165) is 29.8 Å². The number of nitrogens with zero attached hydrogens (tertiary/aromatic N) is 2. The van der Waals surface area contributed by atoms with Crippen molar-refractivity contribution in [2.24, 2.45) is 11.8 Å². The number of ether oxygens (including phenoxy) is 1. The van der Waals surface area contributed by atoms with Crippen LogP contribution in [0.2, 0.25) is 0 Å². The maximum Gasteiger partial charge on any atom is 0.119 e. The van der Waals surface area contributed by atoms with Crippen LogP contribution in [0.5, 0.6) is 5.75 Å². The molecule has 1 N–H and O–H groups in total. The van der Waals surface area contributed by atoms with Crippen molar-refractivity contribution in [3.8, 4) is 5.75 Å². The molecule has 6 rings (SSSR count). The number of methoxy groups -OCH3 is 1. The zero-order valence-corrected chi connectivity index (χ0v) is 14.5. The van der Waals surface area contributed by atoms with Crippen molar-refractivity contribution < 1.29 is 9.84 Å². The van der Waals surface area contributed by atoms with Crippen LogP contribution in [0.15, 0.2) is 18.2 Å². The molecule has 4 aliphatic rings. The Morgan fingerprint density at radius 1 is 1.29 bits per heavy atom. The van der Waals surface area contributed by atoms with Crippen molar-refractivity contribution in [3.05, 3.63) is 29.5 Å². The lowest BCUT2D eigenvalue weighted by Crippen LogP contribution is -2.59. The van der Waals surface area contributed by atoms with Gasteiger partial charge in [0.2, 0.25) is 0 Å². The van der Waals surface area contributed by atoms with Crippen LogP contribution >= 0.6 is 0 Å². The number of hydrogen-bond acceptors (Lipinski definition) is 3. The summed E-state index contributed by atoms with van der Waals surface area (Å²) in [6.07, 6.45) is 3.96. The Balaban J connectivity index is 1.73. The Hall–Kier alpha value is -1.52. The molecule has 2 aromatic rings. The summed E-state index contributed by atoms with van der Waals surface area (Å²) in [5.74, 6) is 3.10. The minimum absolute atomic E-state index is 0.122. The molecule has 4 nitrogen and oxygen atoms in total. The second kappa shape index (κ2) is 5.24. The van der Waals surface area contributed by atoms with Gasteiger partial charge in [0.1, 0.15) is 5.75 Å². The Morgan fingerprint density at radius 2 is 2.17 bits per heavy atom. The highest BCUT2D eigenvalue weighted by Gasteiger charge is 2.50. The number of aromatic nitrogens is 1. The van der Waals surface area contributed by atoms with Gasteiger partial charge in [-0.3, -0.25) is 4.90 Å². The topological polar surface area (TPSA) is 37.6 Å². The smallest absolute Gasteiger partial charge is 0.119 e. The predicted octanol–water partition coefficient (Wildman–Crippen LogP) is 3.32. The third-order valence-electron chi connectivity index (χ3n) is 6.81. The van der Waals surface area contributed by atoms with E-state index in [1.165, 1.54) is 42.4 Å². The fourth-order valence-electron chi connectivity index (χ4n) is 5.95. The van der Waals surface area contributed by atoms with E-state index in [0.29, 0.717) is 12.0 Å². The summed E-state index contributed by atoms with van der Waals surface area (Å²) in [7, 11) is 1.71. The van der Waals surface area contributed by atoms with E-state index >= 15 is 0 Å². The van der Waals surface area contributed by atoms with Crippen molar-refractivity contribution in [1.82, 2.24) is 9.47 Å². The van der Waals surface area contributed by atoms with Gasteiger partial charge >= 0.3 is 0 Å². The Kier molecular flexibility index (Phi) is 3.23. The fraction of sp³-hybridized carbons (Fsp3) is 0.600. The van der Waals surface area contributed by atoms with Gasteiger partial charge in [0.25, 0.3) is 0 Å². The fourth-order valence-corrected chi connectivity index (χ4v) is 5.95. The van der Waals surface area contributed by atoms with Gasteiger partial charge < -0.3 is 14.4 Å². The number of aliphatic hydroxyl groups is 1. The largest absolute Gasteiger partial charge is 0.497 e. The average Bonchev–Trinajstić information content (AvgIpc) is 2.94. The molecule has 4 heteroatoms. The third-order valence-corrected chi connectivity index (χ3v) is 6.81. The van der Waals surface area contributed by atoms with Crippen LogP contribution in [0, 0.1) is 11.8 Å². The summed E-state index contributed by atoms with van der Waals surface area (Å²) in [6.45, 7) is 4.69. The van der Waals surface area contributed by atoms with Gasteiger partial charge in [-0.1, -0.05) is 13.3 Å². The molecule has 1 aliphatic carbocycles. The van der Waals surface area contributed by atoms with Crippen LogP contribution in [0.3, 0.4) is 0 Å². The molecule has 3 fully saturated rings. The van der Waals surface area contributed by atoms with E-state index in [1.54, 1.807) is 7.11 Å². The van der Waals surface area contributed by atoms with E-state index in [1.807, 2.05) is 6.07 Å². The lowest BCUT2D eigenvalue weighted by Gasteiger charge is -2.57. The molecule has 1 saturated carbocycles.